The van der Waals surface area contributed by atoms with Gasteiger partial charge in [-0.2, -0.15) is 0 Å². The van der Waals surface area contributed by atoms with Gasteiger partial charge in [0.25, 0.3) is 0 Å². The normalized spacial score (nSPS) is 23.8. The van der Waals surface area contributed by atoms with Crippen LogP contribution in [0.5, 0.6) is 0 Å². The van der Waals surface area contributed by atoms with Gasteiger partial charge in [0.2, 0.25) is 0 Å². The van der Waals surface area contributed by atoms with Gasteiger partial charge in [-0.3, -0.25) is 10.2 Å². The Balaban J connectivity index is 1.11. The number of ether oxygens (including phenoxy) is 1. The van der Waals surface area contributed by atoms with E-state index in [0.29, 0.717) is 38.6 Å². The quantitative estimate of drug-likeness (QED) is 0.178. The van der Waals surface area contributed by atoms with Crippen LogP contribution in [-0.4, -0.2) is 47.9 Å². The smallest absolute Gasteiger partial charge is 0.186 e. The van der Waals surface area contributed by atoms with Crippen molar-refractivity contribution in [2.24, 2.45) is 17.8 Å². The van der Waals surface area contributed by atoms with Crippen LogP contribution < -0.4 is 4.90 Å². The Hall–Kier alpha value is -2.45. The molecule has 3 aromatic rings. The topological polar surface area (TPSA) is 86.5 Å². The van der Waals surface area contributed by atoms with E-state index in [2.05, 4.69) is 4.90 Å². The molecular weight excluding hydrogens is 529 g/mol. The lowest BCUT2D eigenvalue weighted by Gasteiger charge is -2.20. The van der Waals surface area contributed by atoms with Crippen LogP contribution in [0.1, 0.15) is 41.6 Å². The molecule has 3 atom stereocenters. The number of benzene rings is 2. The standard InChI is InChI=1S/C28H27Cl2N3O3S/c29-21-2-1-3-22(30)25(21)26(31)20(27(35)16-5-6-16)14-36-19-9-17-11-33(12-18(17)10-19)28-32-23-7-4-15(13-34)8-24(23)37-28/h1-4,7-8,13,16-19,31,35H,5-6,9-12,14H2/b27-20-,31-26?/t17-,18?,19+/m0/s1. The van der Waals surface area contributed by atoms with Gasteiger partial charge in [0.1, 0.15) is 12.0 Å². The molecular formula is C28H27Cl2N3O3S. The molecule has 6 nitrogen and oxygen atoms in total. The lowest BCUT2D eigenvalue weighted by Crippen LogP contribution is -2.24. The van der Waals surface area contributed by atoms with Gasteiger partial charge >= 0.3 is 0 Å². The highest BCUT2D eigenvalue weighted by atomic mass is 35.5. The molecule has 3 aliphatic rings. The molecule has 1 aliphatic heterocycles. The van der Waals surface area contributed by atoms with Gasteiger partial charge in [0.05, 0.1) is 38.7 Å². The fraction of sp³-hybridized carbons (Fsp3) is 0.393. The van der Waals surface area contributed by atoms with E-state index in [4.69, 9.17) is 38.3 Å². The number of carbonyl (C=O) groups is 1. The maximum Gasteiger partial charge on any atom is 0.186 e. The number of thiazole rings is 1. The number of anilines is 1. The molecule has 0 amide bonds. The number of hydrogen-bond donors (Lipinski definition) is 2. The highest BCUT2D eigenvalue weighted by Gasteiger charge is 2.42. The molecule has 1 saturated heterocycles. The first kappa shape index (κ1) is 24.9. The second-order valence-electron chi connectivity index (χ2n) is 10.3. The summed E-state index contributed by atoms with van der Waals surface area (Å²) in [5.74, 6) is 1.36. The maximum atomic E-state index is 11.1. The van der Waals surface area contributed by atoms with Gasteiger partial charge in [0.15, 0.2) is 5.13 Å². The van der Waals surface area contributed by atoms with Crippen molar-refractivity contribution in [2.75, 3.05) is 24.6 Å². The van der Waals surface area contributed by atoms with Crippen molar-refractivity contribution < 1.29 is 14.6 Å². The number of halogens is 2. The Morgan fingerprint density at radius 1 is 1.16 bits per heavy atom. The van der Waals surface area contributed by atoms with E-state index in [9.17, 15) is 9.90 Å². The van der Waals surface area contributed by atoms with E-state index in [-0.39, 0.29) is 30.1 Å². The molecule has 6 rings (SSSR count). The van der Waals surface area contributed by atoms with Gasteiger partial charge in [-0.25, -0.2) is 4.98 Å². The largest absolute Gasteiger partial charge is 0.512 e. The molecule has 1 aromatic heterocycles. The summed E-state index contributed by atoms with van der Waals surface area (Å²) in [5, 5.41) is 21.5. The van der Waals surface area contributed by atoms with E-state index < -0.39 is 0 Å². The summed E-state index contributed by atoms with van der Waals surface area (Å²) in [6, 6.07) is 10.8. The monoisotopic (exact) mass is 555 g/mol. The number of rotatable bonds is 8. The number of aldehydes is 1. The number of aromatic nitrogens is 1. The molecule has 0 bridgehead atoms. The van der Waals surface area contributed by atoms with Crippen molar-refractivity contribution in [1.29, 1.82) is 5.41 Å². The molecule has 0 radical (unpaired) electrons. The number of carbonyl (C=O) groups excluding carboxylic acids is 1. The number of nitrogens with one attached hydrogen (secondary N) is 1. The Kier molecular flexibility index (Phi) is 6.74. The minimum Gasteiger partial charge on any atom is -0.512 e. The number of fused-ring (bicyclic) bond motifs is 2. The van der Waals surface area contributed by atoms with Crippen LogP contribution in [0.4, 0.5) is 5.13 Å². The summed E-state index contributed by atoms with van der Waals surface area (Å²) in [5.41, 5.74) is 2.66. The lowest BCUT2D eigenvalue weighted by molar-refractivity contribution is 0.0701. The van der Waals surface area contributed by atoms with E-state index >= 15 is 0 Å². The number of aliphatic hydroxyl groups excluding tert-OH is 1. The average Bonchev–Trinajstić information content (AvgIpc) is 3.36. The minimum atomic E-state index is 0.0826. The number of hydrogen-bond acceptors (Lipinski definition) is 7. The zero-order valence-corrected chi connectivity index (χ0v) is 22.5. The third kappa shape index (κ3) is 4.90. The van der Waals surface area contributed by atoms with Crippen LogP contribution in [-0.2, 0) is 4.74 Å². The van der Waals surface area contributed by atoms with E-state index in [1.54, 1.807) is 29.5 Å². The van der Waals surface area contributed by atoms with Crippen LogP contribution >= 0.6 is 34.5 Å². The molecule has 2 N–H and O–H groups in total. The molecule has 2 aliphatic carbocycles. The molecule has 2 saturated carbocycles. The molecule has 1 unspecified atom stereocenters. The SMILES string of the molecule is N=C(/C(CO[C@H]1CC2CN(c3nc4ccc(C=O)cc4s3)C[C@@H]2C1)=C(\O)C1CC1)c1c(Cl)cccc1Cl. The van der Waals surface area contributed by atoms with Crippen LogP contribution in [0.25, 0.3) is 10.2 Å². The Morgan fingerprint density at radius 2 is 1.86 bits per heavy atom. The highest BCUT2D eigenvalue weighted by Crippen LogP contribution is 2.43. The Morgan fingerprint density at radius 3 is 2.51 bits per heavy atom. The Bertz CT molecular complexity index is 1380. The summed E-state index contributed by atoms with van der Waals surface area (Å²) in [7, 11) is 0. The van der Waals surface area contributed by atoms with Gasteiger partial charge in [-0.05, 0) is 67.9 Å². The second-order valence-corrected chi connectivity index (χ2v) is 12.1. The van der Waals surface area contributed by atoms with Crippen LogP contribution in [0.2, 0.25) is 10.0 Å². The van der Waals surface area contributed by atoms with Gasteiger partial charge < -0.3 is 14.7 Å². The third-order valence-electron chi connectivity index (χ3n) is 7.77. The maximum absolute atomic E-state index is 11.1. The van der Waals surface area contributed by atoms with Crippen molar-refractivity contribution in [3.63, 3.8) is 0 Å². The van der Waals surface area contributed by atoms with Crippen LogP contribution in [0.15, 0.2) is 47.7 Å². The average molecular weight is 557 g/mol. The minimum absolute atomic E-state index is 0.0826. The van der Waals surface area contributed by atoms with Crippen molar-refractivity contribution in [2.45, 2.75) is 31.8 Å². The summed E-state index contributed by atoms with van der Waals surface area (Å²) in [4.78, 5) is 18.3. The zero-order chi connectivity index (χ0) is 25.7. The summed E-state index contributed by atoms with van der Waals surface area (Å²) in [6.07, 6.45) is 4.68. The van der Waals surface area contributed by atoms with Gasteiger partial charge in [-0.1, -0.05) is 40.6 Å². The molecule has 37 heavy (non-hydrogen) atoms. The first-order valence-corrected chi connectivity index (χ1v) is 14.2. The molecule has 9 heteroatoms. The molecule has 2 aromatic carbocycles. The van der Waals surface area contributed by atoms with Crippen molar-refractivity contribution in [3.8, 4) is 0 Å². The van der Waals surface area contributed by atoms with Crippen molar-refractivity contribution in [3.05, 3.63) is 68.9 Å². The van der Waals surface area contributed by atoms with Crippen molar-refractivity contribution in [1.82, 2.24) is 4.98 Å². The molecule has 0 spiro atoms. The summed E-state index contributed by atoms with van der Waals surface area (Å²) < 4.78 is 7.36. The van der Waals surface area contributed by atoms with Crippen LogP contribution in [0.3, 0.4) is 0 Å². The number of allylic oxidation sites excluding steroid dienone is 1. The summed E-state index contributed by atoms with van der Waals surface area (Å²) >= 11 is 14.4. The first-order valence-electron chi connectivity index (χ1n) is 12.6. The number of nitrogens with zero attached hydrogens (tertiary/aromatic N) is 2. The lowest BCUT2D eigenvalue weighted by atomic mass is 10.00. The molecule has 192 valence electrons. The Labute approximate surface area is 229 Å². The first-order chi connectivity index (χ1) is 17.9. The van der Waals surface area contributed by atoms with E-state index in [0.717, 1.165) is 60.4 Å². The second kappa shape index (κ2) is 10.0. The fourth-order valence-electron chi connectivity index (χ4n) is 5.64. The molecule has 3 fully saturated rings. The fourth-order valence-corrected chi connectivity index (χ4v) is 7.26. The highest BCUT2D eigenvalue weighted by molar-refractivity contribution is 7.22. The number of aliphatic hydroxyl groups is 1. The third-order valence-corrected chi connectivity index (χ3v) is 9.48. The predicted octanol–water partition coefficient (Wildman–Crippen LogP) is 6.94. The van der Waals surface area contributed by atoms with Crippen molar-refractivity contribution >= 4 is 61.9 Å². The van der Waals surface area contributed by atoms with E-state index in [1.165, 1.54) is 0 Å². The van der Waals surface area contributed by atoms with Gasteiger partial charge in [-0.15, -0.1) is 0 Å². The predicted molar refractivity (Wildman–Crippen MR) is 149 cm³/mol. The van der Waals surface area contributed by atoms with Gasteiger partial charge in [0, 0.05) is 35.7 Å². The molecule has 2 heterocycles. The zero-order valence-electron chi connectivity index (χ0n) is 20.1. The van der Waals surface area contributed by atoms with E-state index in [1.807, 2.05) is 18.2 Å². The van der Waals surface area contributed by atoms with Crippen LogP contribution in [0, 0.1) is 23.2 Å². The summed E-state index contributed by atoms with van der Waals surface area (Å²) in [6.45, 7) is 2.05.